The van der Waals surface area contributed by atoms with Crippen molar-refractivity contribution < 1.29 is 9.53 Å². The van der Waals surface area contributed by atoms with Gasteiger partial charge in [-0.3, -0.25) is 4.79 Å². The highest BCUT2D eigenvalue weighted by Gasteiger charge is 2.14. The van der Waals surface area contributed by atoms with Gasteiger partial charge >= 0.3 is 0 Å². The average Bonchev–Trinajstić information content (AvgIpc) is 2.46. The van der Waals surface area contributed by atoms with Gasteiger partial charge in [-0.05, 0) is 30.7 Å². The number of nitrogen functional groups attached to an aromatic ring is 1. The van der Waals surface area contributed by atoms with Crippen LogP contribution in [0, 0.1) is 0 Å². The van der Waals surface area contributed by atoms with E-state index in [9.17, 15) is 4.79 Å². The summed E-state index contributed by atoms with van der Waals surface area (Å²) < 4.78 is 5.50. The van der Waals surface area contributed by atoms with Gasteiger partial charge in [0.05, 0.1) is 13.0 Å². The minimum absolute atomic E-state index is 0.0556. The summed E-state index contributed by atoms with van der Waals surface area (Å²) in [5.74, 6) is 1.99. The van der Waals surface area contributed by atoms with E-state index in [1.165, 1.54) is 25.0 Å². The number of ether oxygens (including phenoxy) is 1. The summed E-state index contributed by atoms with van der Waals surface area (Å²) in [7, 11) is 0. The third-order valence-corrected chi connectivity index (χ3v) is 4.65. The molecule has 1 aromatic carbocycles. The van der Waals surface area contributed by atoms with E-state index in [-0.39, 0.29) is 5.91 Å². The highest BCUT2D eigenvalue weighted by atomic mass is 32.2. The van der Waals surface area contributed by atoms with Crippen molar-refractivity contribution in [2.75, 3.05) is 24.6 Å². The second-order valence-corrected chi connectivity index (χ2v) is 6.37. The smallest absolute Gasteiger partial charge is 0.223 e. The number of benzene rings is 1. The first kappa shape index (κ1) is 15.0. The Labute approximate surface area is 124 Å². The number of nitrogens with two attached hydrogens (primary N) is 1. The van der Waals surface area contributed by atoms with Crippen LogP contribution in [0.2, 0.25) is 0 Å². The Morgan fingerprint density at radius 3 is 3.10 bits per heavy atom. The van der Waals surface area contributed by atoms with Crippen LogP contribution in [-0.2, 0) is 4.79 Å². The van der Waals surface area contributed by atoms with E-state index < -0.39 is 0 Å². The predicted molar refractivity (Wildman–Crippen MR) is 84.1 cm³/mol. The zero-order valence-corrected chi connectivity index (χ0v) is 12.5. The molecule has 1 fully saturated rings. The SMILES string of the molecule is Nc1cccc(OCCC(=O)NCC2CCCCS2)c1. The fourth-order valence-corrected chi connectivity index (χ4v) is 3.39. The minimum atomic E-state index is 0.0556. The van der Waals surface area contributed by atoms with Gasteiger partial charge in [0.15, 0.2) is 0 Å². The van der Waals surface area contributed by atoms with Crippen molar-refractivity contribution in [1.29, 1.82) is 0 Å². The number of rotatable bonds is 6. The average molecular weight is 294 g/mol. The van der Waals surface area contributed by atoms with Crippen LogP contribution in [0.1, 0.15) is 25.7 Å². The summed E-state index contributed by atoms with van der Waals surface area (Å²) in [6, 6.07) is 7.25. The normalized spacial score (nSPS) is 18.5. The maximum Gasteiger partial charge on any atom is 0.223 e. The van der Waals surface area contributed by atoms with Gasteiger partial charge < -0.3 is 15.8 Å². The lowest BCUT2D eigenvalue weighted by molar-refractivity contribution is -0.121. The molecule has 4 nitrogen and oxygen atoms in total. The highest BCUT2D eigenvalue weighted by molar-refractivity contribution is 7.99. The summed E-state index contributed by atoms with van der Waals surface area (Å²) in [6.45, 7) is 1.16. The molecule has 1 unspecified atom stereocenters. The summed E-state index contributed by atoms with van der Waals surface area (Å²) in [6.07, 6.45) is 4.19. The molecular weight excluding hydrogens is 272 g/mol. The Kier molecular flexibility index (Phi) is 6.05. The first-order chi connectivity index (χ1) is 9.74. The van der Waals surface area contributed by atoms with Gasteiger partial charge in [-0.1, -0.05) is 12.5 Å². The monoisotopic (exact) mass is 294 g/mol. The van der Waals surface area contributed by atoms with Gasteiger partial charge in [0.25, 0.3) is 0 Å². The molecule has 1 aliphatic heterocycles. The molecule has 1 heterocycles. The van der Waals surface area contributed by atoms with Gasteiger partial charge in [-0.25, -0.2) is 0 Å². The number of carbonyl (C=O) groups is 1. The number of hydrogen-bond acceptors (Lipinski definition) is 4. The topological polar surface area (TPSA) is 64.3 Å². The molecule has 0 aromatic heterocycles. The summed E-state index contributed by atoms with van der Waals surface area (Å²) >= 11 is 1.97. The molecule has 0 saturated carbocycles. The minimum Gasteiger partial charge on any atom is -0.493 e. The molecule has 3 N–H and O–H groups in total. The molecule has 1 atom stereocenters. The summed E-state index contributed by atoms with van der Waals surface area (Å²) in [5.41, 5.74) is 6.33. The van der Waals surface area contributed by atoms with Crippen molar-refractivity contribution in [3.63, 3.8) is 0 Å². The summed E-state index contributed by atoms with van der Waals surface area (Å²) in [5, 5.41) is 3.57. The largest absolute Gasteiger partial charge is 0.493 e. The van der Waals surface area contributed by atoms with E-state index in [4.69, 9.17) is 10.5 Å². The first-order valence-electron chi connectivity index (χ1n) is 7.10. The molecule has 0 radical (unpaired) electrons. The summed E-state index contributed by atoms with van der Waals surface area (Å²) in [4.78, 5) is 11.7. The van der Waals surface area contributed by atoms with Gasteiger partial charge in [-0.15, -0.1) is 0 Å². The quantitative estimate of drug-likeness (QED) is 0.791. The molecule has 1 aromatic rings. The molecular formula is C15H22N2O2S. The molecule has 5 heteroatoms. The molecule has 1 aliphatic rings. The number of amides is 1. The second kappa shape index (κ2) is 8.04. The molecule has 2 rings (SSSR count). The maximum absolute atomic E-state index is 11.7. The van der Waals surface area contributed by atoms with Crippen molar-refractivity contribution in [2.45, 2.75) is 30.9 Å². The van der Waals surface area contributed by atoms with Crippen molar-refractivity contribution in [2.24, 2.45) is 0 Å². The number of hydrogen-bond donors (Lipinski definition) is 2. The van der Waals surface area contributed by atoms with Crippen molar-refractivity contribution in [1.82, 2.24) is 5.32 Å². The Bertz CT molecular complexity index is 434. The lowest BCUT2D eigenvalue weighted by Crippen LogP contribution is -2.32. The second-order valence-electron chi connectivity index (χ2n) is 4.96. The highest BCUT2D eigenvalue weighted by Crippen LogP contribution is 2.24. The van der Waals surface area contributed by atoms with Crippen LogP contribution in [0.15, 0.2) is 24.3 Å². The zero-order valence-electron chi connectivity index (χ0n) is 11.6. The van der Waals surface area contributed by atoms with Crippen LogP contribution < -0.4 is 15.8 Å². The van der Waals surface area contributed by atoms with Crippen LogP contribution in [0.4, 0.5) is 5.69 Å². The zero-order chi connectivity index (χ0) is 14.2. The number of carbonyl (C=O) groups excluding carboxylic acids is 1. The van der Waals surface area contributed by atoms with Crippen LogP contribution >= 0.6 is 11.8 Å². The standard InChI is InChI=1S/C15H22N2O2S/c16-12-4-3-5-13(10-12)19-8-7-15(18)17-11-14-6-1-2-9-20-14/h3-5,10,14H,1-2,6-9,11,16H2,(H,17,18). The van der Waals surface area contributed by atoms with E-state index in [2.05, 4.69) is 5.32 Å². The molecule has 0 bridgehead atoms. The van der Waals surface area contributed by atoms with Gasteiger partial charge in [-0.2, -0.15) is 11.8 Å². The van der Waals surface area contributed by atoms with Gasteiger partial charge in [0.2, 0.25) is 5.91 Å². The van der Waals surface area contributed by atoms with Crippen LogP contribution in [0.25, 0.3) is 0 Å². The fraction of sp³-hybridized carbons (Fsp3) is 0.533. The molecule has 20 heavy (non-hydrogen) atoms. The Morgan fingerprint density at radius 1 is 1.45 bits per heavy atom. The predicted octanol–water partition coefficient (Wildman–Crippen LogP) is 2.44. The number of nitrogens with one attached hydrogen (secondary N) is 1. The fourth-order valence-electron chi connectivity index (χ4n) is 2.15. The van der Waals surface area contributed by atoms with Crippen LogP contribution in [-0.4, -0.2) is 30.1 Å². The Hall–Kier alpha value is -1.36. The molecule has 1 saturated heterocycles. The first-order valence-corrected chi connectivity index (χ1v) is 8.15. The molecule has 0 aliphatic carbocycles. The number of anilines is 1. The lowest BCUT2D eigenvalue weighted by atomic mass is 10.2. The molecule has 110 valence electrons. The van der Waals surface area contributed by atoms with Crippen molar-refractivity contribution >= 4 is 23.4 Å². The number of thioether (sulfide) groups is 1. The van der Waals surface area contributed by atoms with Crippen molar-refractivity contribution in [3.8, 4) is 5.75 Å². The third-order valence-electron chi connectivity index (χ3n) is 3.26. The van der Waals surface area contributed by atoms with E-state index in [0.29, 0.717) is 29.7 Å². The van der Waals surface area contributed by atoms with Crippen LogP contribution in [0.5, 0.6) is 5.75 Å². The Balaban J connectivity index is 1.60. The van der Waals surface area contributed by atoms with Crippen molar-refractivity contribution in [3.05, 3.63) is 24.3 Å². The van der Waals surface area contributed by atoms with E-state index in [0.717, 1.165) is 6.54 Å². The van der Waals surface area contributed by atoms with Gasteiger partial charge in [0.1, 0.15) is 5.75 Å². The van der Waals surface area contributed by atoms with E-state index in [1.807, 2.05) is 23.9 Å². The maximum atomic E-state index is 11.7. The van der Waals surface area contributed by atoms with Crippen LogP contribution in [0.3, 0.4) is 0 Å². The molecule has 0 spiro atoms. The molecule has 1 amide bonds. The Morgan fingerprint density at radius 2 is 2.35 bits per heavy atom. The van der Waals surface area contributed by atoms with Gasteiger partial charge in [0, 0.05) is 23.5 Å². The van der Waals surface area contributed by atoms with E-state index >= 15 is 0 Å². The van der Waals surface area contributed by atoms with E-state index in [1.54, 1.807) is 12.1 Å². The third kappa shape index (κ3) is 5.33. The lowest BCUT2D eigenvalue weighted by Gasteiger charge is -2.21.